The van der Waals surface area contributed by atoms with Crippen molar-refractivity contribution in [2.45, 2.75) is 59.8 Å². The van der Waals surface area contributed by atoms with Gasteiger partial charge in [0.05, 0.1) is 12.0 Å². The highest BCUT2D eigenvalue weighted by molar-refractivity contribution is 5.75. The van der Waals surface area contributed by atoms with Crippen LogP contribution in [0, 0.1) is 11.3 Å². The van der Waals surface area contributed by atoms with E-state index in [2.05, 4.69) is 25.2 Å². The molecule has 0 N–H and O–H groups in total. The number of rotatable bonds is 5. The Morgan fingerprint density at radius 1 is 1.42 bits per heavy atom. The molecule has 19 heavy (non-hydrogen) atoms. The zero-order valence-corrected chi connectivity index (χ0v) is 12.9. The molecule has 1 unspecified atom stereocenters. The first kappa shape index (κ1) is 16.0. The van der Waals surface area contributed by atoms with E-state index in [4.69, 9.17) is 4.74 Å². The molecular formula is C17H28O2. The summed E-state index contributed by atoms with van der Waals surface area (Å²) in [7, 11) is 0. The van der Waals surface area contributed by atoms with Gasteiger partial charge in [-0.15, -0.1) is 0 Å². The predicted octanol–water partition coefficient (Wildman–Crippen LogP) is 4.66. The van der Waals surface area contributed by atoms with Crippen molar-refractivity contribution >= 4 is 5.97 Å². The zero-order chi connectivity index (χ0) is 14.3. The predicted molar refractivity (Wildman–Crippen MR) is 79.9 cm³/mol. The SMILES string of the molecule is CC1CCCC=C1C/C=C/CCOC(=O)C(C)(C)C. The minimum atomic E-state index is -0.397. The zero-order valence-electron chi connectivity index (χ0n) is 12.9. The summed E-state index contributed by atoms with van der Waals surface area (Å²) in [6.07, 6.45) is 12.5. The summed E-state index contributed by atoms with van der Waals surface area (Å²) in [4.78, 5) is 11.5. The molecule has 1 rings (SSSR count). The van der Waals surface area contributed by atoms with Gasteiger partial charge in [-0.05, 0) is 58.8 Å². The number of carbonyl (C=O) groups excluding carboxylic acids is 1. The van der Waals surface area contributed by atoms with Crippen LogP contribution < -0.4 is 0 Å². The van der Waals surface area contributed by atoms with E-state index in [9.17, 15) is 4.79 Å². The minimum absolute atomic E-state index is 0.121. The second-order valence-electron chi connectivity index (χ2n) is 6.46. The Morgan fingerprint density at radius 3 is 2.79 bits per heavy atom. The Kier molecular flexibility index (Phi) is 6.33. The number of esters is 1. The summed E-state index contributed by atoms with van der Waals surface area (Å²) in [5, 5.41) is 0. The Labute approximate surface area is 117 Å². The van der Waals surface area contributed by atoms with Gasteiger partial charge in [0.15, 0.2) is 0 Å². The van der Waals surface area contributed by atoms with Crippen LogP contribution in [0.4, 0.5) is 0 Å². The van der Waals surface area contributed by atoms with Crippen LogP contribution in [0.15, 0.2) is 23.8 Å². The van der Waals surface area contributed by atoms with E-state index in [0.717, 1.165) is 18.8 Å². The molecule has 0 aromatic heterocycles. The maximum Gasteiger partial charge on any atom is 0.311 e. The first-order valence-corrected chi connectivity index (χ1v) is 7.42. The van der Waals surface area contributed by atoms with E-state index in [-0.39, 0.29) is 5.97 Å². The molecule has 0 aliphatic heterocycles. The molecule has 0 amide bonds. The molecule has 0 radical (unpaired) electrons. The third kappa shape index (κ3) is 6.09. The van der Waals surface area contributed by atoms with Crippen molar-refractivity contribution in [1.82, 2.24) is 0 Å². The number of carbonyl (C=O) groups is 1. The summed E-state index contributed by atoms with van der Waals surface area (Å²) in [6, 6.07) is 0. The number of ether oxygens (including phenoxy) is 1. The summed E-state index contributed by atoms with van der Waals surface area (Å²) < 4.78 is 5.21. The molecule has 2 heteroatoms. The largest absolute Gasteiger partial charge is 0.465 e. The average molecular weight is 264 g/mol. The topological polar surface area (TPSA) is 26.3 Å². The molecular weight excluding hydrogens is 236 g/mol. The Balaban J connectivity index is 2.18. The quantitative estimate of drug-likeness (QED) is 0.410. The van der Waals surface area contributed by atoms with Gasteiger partial charge in [-0.25, -0.2) is 0 Å². The van der Waals surface area contributed by atoms with Crippen molar-refractivity contribution in [2.24, 2.45) is 11.3 Å². The molecule has 108 valence electrons. The van der Waals surface area contributed by atoms with Crippen LogP contribution in [-0.4, -0.2) is 12.6 Å². The van der Waals surface area contributed by atoms with Gasteiger partial charge < -0.3 is 4.74 Å². The van der Waals surface area contributed by atoms with Gasteiger partial charge >= 0.3 is 5.97 Å². The second-order valence-corrected chi connectivity index (χ2v) is 6.46. The lowest BCUT2D eigenvalue weighted by molar-refractivity contribution is -0.152. The standard InChI is InChI=1S/C17H28O2/c1-14-10-7-8-12-15(14)11-6-5-9-13-19-16(18)17(2,3)4/h5-6,12,14H,7-11,13H2,1-4H3/b6-5+. The van der Waals surface area contributed by atoms with Crippen LogP contribution in [0.3, 0.4) is 0 Å². The monoisotopic (exact) mass is 264 g/mol. The van der Waals surface area contributed by atoms with E-state index in [0.29, 0.717) is 6.61 Å². The van der Waals surface area contributed by atoms with Gasteiger partial charge in [0.1, 0.15) is 0 Å². The number of allylic oxidation sites excluding steroid dienone is 3. The van der Waals surface area contributed by atoms with Crippen molar-refractivity contribution < 1.29 is 9.53 Å². The molecule has 0 spiro atoms. The third-order valence-electron chi connectivity index (χ3n) is 3.53. The van der Waals surface area contributed by atoms with Crippen LogP contribution in [0.25, 0.3) is 0 Å². The Bertz CT molecular complexity index is 345. The highest BCUT2D eigenvalue weighted by Crippen LogP contribution is 2.26. The van der Waals surface area contributed by atoms with Crippen molar-refractivity contribution in [2.75, 3.05) is 6.61 Å². The van der Waals surface area contributed by atoms with Gasteiger partial charge in [0.2, 0.25) is 0 Å². The summed E-state index contributed by atoms with van der Waals surface area (Å²) in [6.45, 7) is 8.43. The lowest BCUT2D eigenvalue weighted by Gasteiger charge is -2.19. The van der Waals surface area contributed by atoms with E-state index < -0.39 is 5.41 Å². The first-order valence-electron chi connectivity index (χ1n) is 7.42. The van der Waals surface area contributed by atoms with Gasteiger partial charge in [-0.1, -0.05) is 30.7 Å². The van der Waals surface area contributed by atoms with E-state index in [1.807, 2.05) is 20.8 Å². The molecule has 0 saturated heterocycles. The second kappa shape index (κ2) is 7.52. The normalized spacial score (nSPS) is 20.4. The van der Waals surface area contributed by atoms with Crippen molar-refractivity contribution in [3.8, 4) is 0 Å². The van der Waals surface area contributed by atoms with Crippen LogP contribution >= 0.6 is 0 Å². The summed E-state index contributed by atoms with van der Waals surface area (Å²) in [5.74, 6) is 0.613. The minimum Gasteiger partial charge on any atom is -0.465 e. The fraction of sp³-hybridized carbons (Fsp3) is 0.706. The van der Waals surface area contributed by atoms with E-state index >= 15 is 0 Å². The van der Waals surface area contributed by atoms with Crippen LogP contribution in [0.1, 0.15) is 59.8 Å². The van der Waals surface area contributed by atoms with Gasteiger partial charge in [-0.2, -0.15) is 0 Å². The molecule has 1 aliphatic rings. The Hall–Kier alpha value is -1.05. The fourth-order valence-electron chi connectivity index (χ4n) is 2.16. The average Bonchev–Trinajstić information content (AvgIpc) is 2.34. The first-order chi connectivity index (χ1) is 8.91. The van der Waals surface area contributed by atoms with Gasteiger partial charge in [0.25, 0.3) is 0 Å². The molecule has 0 aromatic rings. The maximum atomic E-state index is 11.5. The molecule has 0 fully saturated rings. The number of hydrogen-bond donors (Lipinski definition) is 0. The highest BCUT2D eigenvalue weighted by atomic mass is 16.5. The van der Waals surface area contributed by atoms with Crippen LogP contribution in [0.5, 0.6) is 0 Å². The maximum absolute atomic E-state index is 11.5. The summed E-state index contributed by atoms with van der Waals surface area (Å²) in [5.41, 5.74) is 1.17. The van der Waals surface area contributed by atoms with Crippen molar-refractivity contribution in [3.05, 3.63) is 23.8 Å². The molecule has 0 bridgehead atoms. The molecule has 1 aliphatic carbocycles. The lowest BCUT2D eigenvalue weighted by Crippen LogP contribution is -2.23. The lowest BCUT2D eigenvalue weighted by atomic mass is 9.87. The summed E-state index contributed by atoms with van der Waals surface area (Å²) >= 11 is 0. The molecule has 0 heterocycles. The molecule has 0 saturated carbocycles. The van der Waals surface area contributed by atoms with Crippen LogP contribution in [0.2, 0.25) is 0 Å². The van der Waals surface area contributed by atoms with Crippen LogP contribution in [-0.2, 0) is 9.53 Å². The third-order valence-corrected chi connectivity index (χ3v) is 3.53. The Morgan fingerprint density at radius 2 is 2.16 bits per heavy atom. The number of hydrogen-bond acceptors (Lipinski definition) is 2. The van der Waals surface area contributed by atoms with Gasteiger partial charge in [0, 0.05) is 0 Å². The van der Waals surface area contributed by atoms with Gasteiger partial charge in [-0.3, -0.25) is 4.79 Å². The molecule has 2 nitrogen and oxygen atoms in total. The van der Waals surface area contributed by atoms with E-state index in [1.54, 1.807) is 5.57 Å². The molecule has 1 atom stereocenters. The highest BCUT2D eigenvalue weighted by Gasteiger charge is 2.22. The van der Waals surface area contributed by atoms with Crippen molar-refractivity contribution in [1.29, 1.82) is 0 Å². The molecule has 0 aromatic carbocycles. The van der Waals surface area contributed by atoms with Crippen molar-refractivity contribution in [3.63, 3.8) is 0 Å². The fourth-order valence-corrected chi connectivity index (χ4v) is 2.16. The van der Waals surface area contributed by atoms with E-state index in [1.165, 1.54) is 19.3 Å². The smallest absolute Gasteiger partial charge is 0.311 e.